The summed E-state index contributed by atoms with van der Waals surface area (Å²) < 4.78 is 0. The summed E-state index contributed by atoms with van der Waals surface area (Å²) in [7, 11) is 0. The highest BCUT2D eigenvalue weighted by molar-refractivity contribution is 5.93. The summed E-state index contributed by atoms with van der Waals surface area (Å²) in [6, 6.07) is 7.31. The highest BCUT2D eigenvalue weighted by Gasteiger charge is 2.29. The predicted molar refractivity (Wildman–Crippen MR) is 82.0 cm³/mol. The second-order valence-electron chi connectivity index (χ2n) is 5.52. The number of benzene rings is 1. The Balaban J connectivity index is 1.89. The first-order chi connectivity index (χ1) is 10.1. The van der Waals surface area contributed by atoms with Crippen LogP contribution in [-0.2, 0) is 4.79 Å². The molecule has 1 aromatic rings. The van der Waals surface area contributed by atoms with Gasteiger partial charge >= 0.3 is 0 Å². The summed E-state index contributed by atoms with van der Waals surface area (Å²) in [6.07, 6.45) is 1.38. The third-order valence-electron chi connectivity index (χ3n) is 3.81. The average Bonchev–Trinajstić information content (AvgIpc) is 3.32. The fraction of sp³-hybridized carbons (Fsp3) is 0.562. The molecule has 0 aromatic heterocycles. The molecule has 0 radical (unpaired) electrons. The number of hydrogen-bond acceptors (Lipinski definition) is 4. The van der Waals surface area contributed by atoms with E-state index < -0.39 is 6.10 Å². The van der Waals surface area contributed by atoms with E-state index in [1.165, 1.54) is 0 Å². The Morgan fingerprint density at radius 2 is 2.05 bits per heavy atom. The van der Waals surface area contributed by atoms with E-state index in [1.54, 1.807) is 0 Å². The molecule has 21 heavy (non-hydrogen) atoms. The van der Waals surface area contributed by atoms with Gasteiger partial charge < -0.3 is 15.5 Å². The number of amides is 1. The fourth-order valence-corrected chi connectivity index (χ4v) is 2.25. The first-order valence-corrected chi connectivity index (χ1v) is 7.56. The molecule has 0 heterocycles. The van der Waals surface area contributed by atoms with E-state index in [-0.39, 0.29) is 18.4 Å². The van der Waals surface area contributed by atoms with Gasteiger partial charge in [-0.2, -0.15) is 0 Å². The van der Waals surface area contributed by atoms with Gasteiger partial charge in [0.15, 0.2) is 0 Å². The largest absolute Gasteiger partial charge is 0.395 e. The summed E-state index contributed by atoms with van der Waals surface area (Å²) in [5.41, 5.74) is 1.58. The summed E-state index contributed by atoms with van der Waals surface area (Å²) >= 11 is 0. The Labute approximate surface area is 125 Å². The first-order valence-electron chi connectivity index (χ1n) is 7.56. The van der Waals surface area contributed by atoms with Crippen LogP contribution < -0.4 is 5.32 Å². The van der Waals surface area contributed by atoms with E-state index in [0.717, 1.165) is 30.6 Å². The number of likely N-dealkylation sites (N-methyl/N-ethyl adjacent to an activating group) is 1. The molecule has 0 bridgehead atoms. The van der Waals surface area contributed by atoms with Crippen LogP contribution >= 0.6 is 0 Å². The van der Waals surface area contributed by atoms with Gasteiger partial charge in [0.05, 0.1) is 12.7 Å². The third-order valence-corrected chi connectivity index (χ3v) is 3.81. The molecule has 0 saturated heterocycles. The van der Waals surface area contributed by atoms with Crippen LogP contribution in [0, 0.1) is 5.92 Å². The molecule has 1 aliphatic rings. The van der Waals surface area contributed by atoms with Crippen LogP contribution in [0.4, 0.5) is 5.69 Å². The van der Waals surface area contributed by atoms with Crippen LogP contribution in [0.5, 0.6) is 0 Å². The highest BCUT2D eigenvalue weighted by Crippen LogP contribution is 2.30. The molecule has 3 N–H and O–H groups in total. The van der Waals surface area contributed by atoms with Crippen molar-refractivity contribution >= 4 is 11.6 Å². The van der Waals surface area contributed by atoms with Gasteiger partial charge in [-0.1, -0.05) is 19.1 Å². The van der Waals surface area contributed by atoms with Crippen LogP contribution in [0.2, 0.25) is 0 Å². The maximum Gasteiger partial charge on any atom is 0.227 e. The third kappa shape index (κ3) is 4.81. The number of rotatable bonds is 8. The quantitative estimate of drug-likeness (QED) is 0.677. The molecule has 1 unspecified atom stereocenters. The Bertz CT molecular complexity index is 457. The van der Waals surface area contributed by atoms with Gasteiger partial charge in [0.1, 0.15) is 0 Å². The lowest BCUT2D eigenvalue weighted by molar-refractivity contribution is -0.117. The van der Waals surface area contributed by atoms with Gasteiger partial charge in [-0.05, 0) is 37.1 Å². The van der Waals surface area contributed by atoms with Crippen LogP contribution in [0.15, 0.2) is 24.3 Å². The number of carbonyl (C=O) groups is 1. The minimum absolute atomic E-state index is 0.0865. The molecule has 1 aromatic carbocycles. The van der Waals surface area contributed by atoms with Crippen LogP contribution in [0.25, 0.3) is 0 Å². The van der Waals surface area contributed by atoms with Crippen molar-refractivity contribution in [2.45, 2.75) is 25.9 Å². The molecule has 1 saturated carbocycles. The molecule has 5 heteroatoms. The van der Waals surface area contributed by atoms with Gasteiger partial charge in [0.2, 0.25) is 5.91 Å². The number of hydrogen-bond donors (Lipinski definition) is 3. The molecule has 1 fully saturated rings. The lowest BCUT2D eigenvalue weighted by atomic mass is 10.1. The zero-order chi connectivity index (χ0) is 15.2. The molecule has 1 amide bonds. The van der Waals surface area contributed by atoms with Gasteiger partial charge in [0, 0.05) is 24.7 Å². The normalized spacial score (nSPS) is 16.0. The van der Waals surface area contributed by atoms with E-state index in [0.29, 0.717) is 13.1 Å². The zero-order valence-corrected chi connectivity index (χ0v) is 12.5. The zero-order valence-electron chi connectivity index (χ0n) is 12.5. The number of carbonyl (C=O) groups excluding carboxylic acids is 1. The summed E-state index contributed by atoms with van der Waals surface area (Å²) in [6.45, 7) is 3.92. The summed E-state index contributed by atoms with van der Waals surface area (Å²) in [4.78, 5) is 13.7. The highest BCUT2D eigenvalue weighted by atomic mass is 16.3. The molecule has 5 nitrogen and oxygen atoms in total. The van der Waals surface area contributed by atoms with E-state index in [9.17, 15) is 9.90 Å². The van der Waals surface area contributed by atoms with Crippen molar-refractivity contribution in [1.82, 2.24) is 4.90 Å². The molecule has 1 atom stereocenters. The number of aliphatic hydroxyl groups excluding tert-OH is 2. The lowest BCUT2D eigenvalue weighted by Gasteiger charge is -2.23. The second kappa shape index (κ2) is 7.54. The van der Waals surface area contributed by atoms with E-state index in [2.05, 4.69) is 5.32 Å². The van der Waals surface area contributed by atoms with E-state index >= 15 is 0 Å². The average molecular weight is 292 g/mol. The Kier molecular flexibility index (Phi) is 5.73. The van der Waals surface area contributed by atoms with Crippen LogP contribution in [-0.4, -0.2) is 47.3 Å². The molecule has 0 spiro atoms. The van der Waals surface area contributed by atoms with Crippen molar-refractivity contribution in [3.05, 3.63) is 29.8 Å². The maximum atomic E-state index is 11.7. The van der Waals surface area contributed by atoms with Gasteiger partial charge in [-0.3, -0.25) is 9.69 Å². The minimum atomic E-state index is -0.593. The van der Waals surface area contributed by atoms with Crippen molar-refractivity contribution in [2.24, 2.45) is 5.92 Å². The SMILES string of the molecule is CCN(CCO)CC(O)c1ccc(NC(=O)C2CC2)cc1. The van der Waals surface area contributed by atoms with Crippen molar-refractivity contribution < 1.29 is 15.0 Å². The molecule has 0 aliphatic heterocycles. The van der Waals surface area contributed by atoms with Crippen molar-refractivity contribution in [3.8, 4) is 0 Å². The van der Waals surface area contributed by atoms with Crippen molar-refractivity contribution in [3.63, 3.8) is 0 Å². The van der Waals surface area contributed by atoms with Crippen molar-refractivity contribution in [2.75, 3.05) is 31.6 Å². The topological polar surface area (TPSA) is 72.8 Å². The molecular formula is C16H24N2O3. The Morgan fingerprint density at radius 1 is 1.38 bits per heavy atom. The van der Waals surface area contributed by atoms with E-state index in [4.69, 9.17) is 5.11 Å². The van der Waals surface area contributed by atoms with Crippen LogP contribution in [0.3, 0.4) is 0 Å². The van der Waals surface area contributed by atoms with Gasteiger partial charge in [0.25, 0.3) is 0 Å². The lowest BCUT2D eigenvalue weighted by Crippen LogP contribution is -2.31. The molecule has 2 rings (SSSR count). The van der Waals surface area contributed by atoms with Gasteiger partial charge in [-0.25, -0.2) is 0 Å². The predicted octanol–water partition coefficient (Wildman–Crippen LogP) is 1.38. The monoisotopic (exact) mass is 292 g/mol. The molecule has 116 valence electrons. The minimum Gasteiger partial charge on any atom is -0.395 e. The molecular weight excluding hydrogens is 268 g/mol. The smallest absolute Gasteiger partial charge is 0.227 e. The Morgan fingerprint density at radius 3 is 2.57 bits per heavy atom. The number of aliphatic hydroxyl groups is 2. The van der Waals surface area contributed by atoms with Crippen LogP contribution in [0.1, 0.15) is 31.4 Å². The summed E-state index contributed by atoms with van der Waals surface area (Å²) in [5.74, 6) is 0.273. The standard InChI is InChI=1S/C16H24N2O3/c1-2-18(9-10-19)11-15(20)12-5-7-14(8-6-12)17-16(21)13-3-4-13/h5-8,13,15,19-20H,2-4,9-11H2,1H3,(H,17,21). The summed E-state index contributed by atoms with van der Waals surface area (Å²) in [5, 5.41) is 22.0. The van der Waals surface area contributed by atoms with Crippen molar-refractivity contribution in [1.29, 1.82) is 0 Å². The second-order valence-corrected chi connectivity index (χ2v) is 5.52. The molecule has 1 aliphatic carbocycles. The Hall–Kier alpha value is -1.43. The van der Waals surface area contributed by atoms with E-state index in [1.807, 2.05) is 36.1 Å². The number of nitrogens with one attached hydrogen (secondary N) is 1. The maximum absolute atomic E-state index is 11.7. The fourth-order valence-electron chi connectivity index (χ4n) is 2.25. The van der Waals surface area contributed by atoms with Gasteiger partial charge in [-0.15, -0.1) is 0 Å². The number of anilines is 1. The first kappa shape index (κ1) is 15.9. The number of nitrogens with zero attached hydrogens (tertiary/aromatic N) is 1.